The summed E-state index contributed by atoms with van der Waals surface area (Å²) in [7, 11) is 0. The van der Waals surface area contributed by atoms with E-state index in [-0.39, 0.29) is 35.1 Å². The summed E-state index contributed by atoms with van der Waals surface area (Å²) >= 11 is 0. The fraction of sp³-hybridized carbons (Fsp3) is 0.889. The molecule has 1 aliphatic rings. The largest absolute Gasteiger partial charge is 0.355 e. The fourth-order valence-corrected chi connectivity index (χ4v) is 4.80. The zero-order chi connectivity index (χ0) is 26.4. The number of carbonyl (C=O) groups is 3. The van der Waals surface area contributed by atoms with E-state index in [0.717, 1.165) is 58.4 Å². The van der Waals surface area contributed by atoms with E-state index in [2.05, 4.69) is 53.4 Å². The summed E-state index contributed by atoms with van der Waals surface area (Å²) in [5.74, 6) is 0.780. The third-order valence-electron chi connectivity index (χ3n) is 6.34. The average molecular weight is 496 g/mol. The van der Waals surface area contributed by atoms with E-state index in [1.165, 1.54) is 0 Å². The summed E-state index contributed by atoms with van der Waals surface area (Å²) in [6.07, 6.45) is 4.23. The molecule has 2 unspecified atom stereocenters. The summed E-state index contributed by atoms with van der Waals surface area (Å²) < 4.78 is 0. The number of ketones is 1. The van der Waals surface area contributed by atoms with Gasteiger partial charge in [-0.25, -0.2) is 0 Å². The first kappa shape index (κ1) is 31.5. The van der Waals surface area contributed by atoms with Crippen molar-refractivity contribution >= 4 is 17.6 Å². The lowest BCUT2D eigenvalue weighted by Gasteiger charge is -2.34. The van der Waals surface area contributed by atoms with Crippen LogP contribution in [0.4, 0.5) is 0 Å². The Hall–Kier alpha value is -1.51. The van der Waals surface area contributed by atoms with Gasteiger partial charge < -0.3 is 16.0 Å². The van der Waals surface area contributed by atoms with Gasteiger partial charge in [-0.3, -0.25) is 24.2 Å². The van der Waals surface area contributed by atoms with Crippen molar-refractivity contribution in [1.82, 2.24) is 25.8 Å². The van der Waals surface area contributed by atoms with E-state index in [1.54, 1.807) is 6.92 Å². The Balaban J connectivity index is 2.12. The molecule has 204 valence electrons. The highest BCUT2D eigenvalue weighted by atomic mass is 16.2. The monoisotopic (exact) mass is 495 g/mol. The number of amides is 2. The summed E-state index contributed by atoms with van der Waals surface area (Å²) in [6.45, 7) is 20.7. The van der Waals surface area contributed by atoms with Crippen LogP contribution >= 0.6 is 0 Å². The van der Waals surface area contributed by atoms with Crippen LogP contribution in [-0.2, 0) is 14.4 Å². The number of unbranched alkanes of at least 4 members (excludes halogenated alkanes) is 1. The minimum atomic E-state index is -0.0904. The highest BCUT2D eigenvalue weighted by Gasteiger charge is 2.20. The minimum absolute atomic E-state index is 0.0681. The molecular formula is C27H53N5O3. The van der Waals surface area contributed by atoms with Gasteiger partial charge in [0.1, 0.15) is 5.78 Å². The zero-order valence-electron chi connectivity index (χ0n) is 23.5. The highest BCUT2D eigenvalue weighted by molar-refractivity contribution is 5.81. The number of nitrogens with one attached hydrogen (secondary N) is 3. The Morgan fingerprint density at radius 2 is 1.46 bits per heavy atom. The first-order chi connectivity index (χ1) is 16.4. The molecule has 1 heterocycles. The summed E-state index contributed by atoms with van der Waals surface area (Å²) in [5, 5.41) is 9.38. The second-order valence-electron chi connectivity index (χ2n) is 11.9. The van der Waals surface area contributed by atoms with Crippen LogP contribution in [0.1, 0.15) is 80.6 Å². The Kier molecular flexibility index (Phi) is 14.7. The maximum atomic E-state index is 12.3. The molecule has 3 N–H and O–H groups in total. The predicted octanol–water partition coefficient (Wildman–Crippen LogP) is 2.42. The normalized spacial score (nSPS) is 17.3. The Bertz CT molecular complexity index is 639. The molecule has 0 spiro atoms. The van der Waals surface area contributed by atoms with Gasteiger partial charge in [-0.1, -0.05) is 41.5 Å². The summed E-state index contributed by atoms with van der Waals surface area (Å²) in [6, 6.07) is 0.197. The molecule has 0 aliphatic carbocycles. The van der Waals surface area contributed by atoms with Crippen molar-refractivity contribution in [2.45, 2.75) is 92.7 Å². The van der Waals surface area contributed by atoms with Gasteiger partial charge in [0.2, 0.25) is 11.8 Å². The molecule has 1 fully saturated rings. The molecule has 35 heavy (non-hydrogen) atoms. The van der Waals surface area contributed by atoms with Crippen molar-refractivity contribution in [3.63, 3.8) is 0 Å². The van der Waals surface area contributed by atoms with E-state index in [4.69, 9.17) is 0 Å². The lowest BCUT2D eigenvalue weighted by Crippen LogP contribution is -2.50. The Labute approximate surface area is 214 Å². The van der Waals surface area contributed by atoms with E-state index in [9.17, 15) is 14.4 Å². The molecule has 1 rings (SSSR count). The molecule has 0 aromatic carbocycles. The van der Waals surface area contributed by atoms with Crippen molar-refractivity contribution in [2.24, 2.45) is 11.3 Å². The number of nitrogens with zero attached hydrogens (tertiary/aromatic N) is 2. The Morgan fingerprint density at radius 1 is 0.857 bits per heavy atom. The van der Waals surface area contributed by atoms with Gasteiger partial charge in [-0.2, -0.15) is 0 Å². The number of hydrogen-bond acceptors (Lipinski definition) is 6. The standard InChI is InChI=1S/C27H53N5O3/c1-21(2)30-24(23(4)33)10-8-9-11-28-26(35)20-32-16-14-31(15-17-32)13-12-29-25(34)18-22(3)19-27(5,6)7/h21-22,24,30H,8-20H2,1-7H3,(H,28,35)(H,29,34). The SMILES string of the molecule is CC(=O)C(CCCCNC(=O)CN1CCN(CCNC(=O)CC(C)CC(C)(C)C)CC1)NC(C)C. The van der Waals surface area contributed by atoms with Gasteiger partial charge in [-0.05, 0) is 43.9 Å². The first-order valence-electron chi connectivity index (χ1n) is 13.6. The molecule has 8 nitrogen and oxygen atoms in total. The van der Waals surface area contributed by atoms with Gasteiger partial charge in [0.25, 0.3) is 0 Å². The maximum Gasteiger partial charge on any atom is 0.234 e. The van der Waals surface area contributed by atoms with Gasteiger partial charge in [0.05, 0.1) is 12.6 Å². The van der Waals surface area contributed by atoms with Gasteiger partial charge >= 0.3 is 0 Å². The lowest BCUT2D eigenvalue weighted by atomic mass is 9.84. The van der Waals surface area contributed by atoms with Crippen LogP contribution in [0.15, 0.2) is 0 Å². The van der Waals surface area contributed by atoms with Crippen LogP contribution in [0.5, 0.6) is 0 Å². The third kappa shape index (κ3) is 16.0. The van der Waals surface area contributed by atoms with E-state index < -0.39 is 0 Å². The second kappa shape index (κ2) is 16.3. The molecule has 2 amide bonds. The van der Waals surface area contributed by atoms with E-state index in [0.29, 0.717) is 32.0 Å². The van der Waals surface area contributed by atoms with Crippen molar-refractivity contribution in [3.05, 3.63) is 0 Å². The topological polar surface area (TPSA) is 93.8 Å². The highest BCUT2D eigenvalue weighted by Crippen LogP contribution is 2.25. The van der Waals surface area contributed by atoms with E-state index in [1.807, 2.05) is 13.8 Å². The molecule has 0 aromatic heterocycles. The zero-order valence-corrected chi connectivity index (χ0v) is 23.5. The average Bonchev–Trinajstić information content (AvgIpc) is 2.72. The second-order valence-corrected chi connectivity index (χ2v) is 11.9. The first-order valence-corrected chi connectivity index (χ1v) is 13.6. The van der Waals surface area contributed by atoms with Crippen molar-refractivity contribution in [2.75, 3.05) is 52.4 Å². The molecule has 0 bridgehead atoms. The predicted molar refractivity (Wildman–Crippen MR) is 143 cm³/mol. The fourth-order valence-electron chi connectivity index (χ4n) is 4.80. The summed E-state index contributed by atoms with van der Waals surface area (Å²) in [4.78, 5) is 40.7. The molecule has 0 radical (unpaired) electrons. The number of carbonyl (C=O) groups excluding carboxylic acids is 3. The van der Waals surface area contributed by atoms with Gasteiger partial charge in [0, 0.05) is 58.3 Å². The van der Waals surface area contributed by atoms with Gasteiger partial charge in [0.15, 0.2) is 0 Å². The molecule has 1 saturated heterocycles. The Morgan fingerprint density at radius 3 is 2.03 bits per heavy atom. The molecule has 2 atom stereocenters. The molecular weight excluding hydrogens is 442 g/mol. The van der Waals surface area contributed by atoms with Crippen molar-refractivity contribution in [1.29, 1.82) is 0 Å². The van der Waals surface area contributed by atoms with Crippen LogP contribution < -0.4 is 16.0 Å². The minimum Gasteiger partial charge on any atom is -0.355 e. The van der Waals surface area contributed by atoms with Crippen LogP contribution in [0, 0.1) is 11.3 Å². The number of hydrogen-bond donors (Lipinski definition) is 3. The number of piperazine rings is 1. The molecule has 8 heteroatoms. The number of rotatable bonds is 16. The number of Topliss-reactive ketones (excluding diaryl/α,β-unsaturated/α-hetero) is 1. The molecule has 0 aromatic rings. The lowest BCUT2D eigenvalue weighted by molar-refractivity contribution is -0.123. The van der Waals surface area contributed by atoms with Gasteiger partial charge in [-0.15, -0.1) is 0 Å². The van der Waals surface area contributed by atoms with Crippen molar-refractivity contribution < 1.29 is 14.4 Å². The maximum absolute atomic E-state index is 12.3. The smallest absolute Gasteiger partial charge is 0.234 e. The van der Waals surface area contributed by atoms with Crippen LogP contribution in [0.2, 0.25) is 0 Å². The van der Waals surface area contributed by atoms with Crippen LogP contribution in [0.25, 0.3) is 0 Å². The van der Waals surface area contributed by atoms with Crippen LogP contribution in [0.3, 0.4) is 0 Å². The quantitative estimate of drug-likeness (QED) is 0.285. The van der Waals surface area contributed by atoms with Crippen LogP contribution in [-0.4, -0.2) is 91.8 Å². The van der Waals surface area contributed by atoms with E-state index >= 15 is 0 Å². The molecule has 1 aliphatic heterocycles. The third-order valence-corrected chi connectivity index (χ3v) is 6.34. The summed E-state index contributed by atoms with van der Waals surface area (Å²) in [5.41, 5.74) is 0.251. The van der Waals surface area contributed by atoms with Crippen molar-refractivity contribution in [3.8, 4) is 0 Å². The molecule has 0 saturated carbocycles.